The Kier molecular flexibility index (Phi) is 7.29. The summed E-state index contributed by atoms with van der Waals surface area (Å²) in [6, 6.07) is 0. The Morgan fingerprint density at radius 2 is 1.82 bits per heavy atom. The van der Waals surface area contributed by atoms with E-state index in [4.69, 9.17) is 9.47 Å². The molecule has 0 aromatic carbocycles. The highest BCUT2D eigenvalue weighted by Crippen LogP contribution is 2.29. The molecule has 1 unspecified atom stereocenters. The van der Waals surface area contributed by atoms with Crippen molar-refractivity contribution < 1.29 is 23.9 Å². The van der Waals surface area contributed by atoms with Gasteiger partial charge in [0.05, 0.1) is 39.3 Å². The summed E-state index contributed by atoms with van der Waals surface area (Å²) in [6.45, 7) is 3.98. The summed E-state index contributed by atoms with van der Waals surface area (Å²) in [7, 11) is 1.59. The number of hydrogen-bond donors (Lipinski definition) is 0. The number of methoxy groups -OCH3 is 1. The first-order chi connectivity index (χ1) is 13.5. The minimum absolute atomic E-state index is 0.0132. The molecule has 3 heterocycles. The lowest BCUT2D eigenvalue weighted by molar-refractivity contribution is -0.167. The third-order valence-electron chi connectivity index (χ3n) is 6.01. The van der Waals surface area contributed by atoms with Gasteiger partial charge < -0.3 is 24.2 Å². The van der Waals surface area contributed by atoms with Gasteiger partial charge in [0.25, 0.3) is 0 Å². The Hall–Kier alpha value is -1.67. The van der Waals surface area contributed by atoms with Crippen LogP contribution in [0, 0.1) is 0 Å². The Balaban J connectivity index is 1.58. The highest BCUT2D eigenvalue weighted by atomic mass is 16.5. The summed E-state index contributed by atoms with van der Waals surface area (Å²) >= 11 is 0. The van der Waals surface area contributed by atoms with Crippen molar-refractivity contribution in [2.45, 2.75) is 50.5 Å². The molecule has 8 nitrogen and oxygen atoms in total. The minimum Gasteiger partial charge on any atom is -0.384 e. The maximum absolute atomic E-state index is 12.9. The molecule has 3 rings (SSSR count). The maximum atomic E-state index is 12.9. The van der Waals surface area contributed by atoms with Gasteiger partial charge in [-0.1, -0.05) is 6.42 Å². The normalized spacial score (nSPS) is 26.5. The highest BCUT2D eigenvalue weighted by Gasteiger charge is 2.43. The summed E-state index contributed by atoms with van der Waals surface area (Å²) in [5.41, 5.74) is -0.488. The lowest BCUT2D eigenvalue weighted by Gasteiger charge is -2.48. The molecule has 3 saturated heterocycles. The third-order valence-corrected chi connectivity index (χ3v) is 6.01. The van der Waals surface area contributed by atoms with Gasteiger partial charge in [0.1, 0.15) is 5.60 Å². The van der Waals surface area contributed by atoms with Crippen LogP contribution in [0.4, 0.5) is 0 Å². The maximum Gasteiger partial charge on any atom is 0.242 e. The number of carbonyl (C=O) groups is 3. The number of rotatable bonds is 5. The van der Waals surface area contributed by atoms with Gasteiger partial charge in [-0.2, -0.15) is 0 Å². The first-order valence-electron chi connectivity index (χ1n) is 10.5. The van der Waals surface area contributed by atoms with Crippen molar-refractivity contribution in [2.75, 3.05) is 59.6 Å². The highest BCUT2D eigenvalue weighted by molar-refractivity contribution is 5.85. The number of amides is 3. The molecule has 1 atom stereocenters. The van der Waals surface area contributed by atoms with Gasteiger partial charge >= 0.3 is 0 Å². The zero-order valence-corrected chi connectivity index (χ0v) is 17.0. The second-order valence-corrected chi connectivity index (χ2v) is 8.13. The number of likely N-dealkylation sites (tertiary alicyclic amines) is 2. The van der Waals surface area contributed by atoms with Crippen molar-refractivity contribution in [1.29, 1.82) is 0 Å². The summed E-state index contributed by atoms with van der Waals surface area (Å²) in [6.07, 6.45) is 5.54. The summed E-state index contributed by atoms with van der Waals surface area (Å²) in [4.78, 5) is 42.9. The van der Waals surface area contributed by atoms with Crippen LogP contribution in [0.1, 0.15) is 44.9 Å². The van der Waals surface area contributed by atoms with E-state index in [-0.39, 0.29) is 24.3 Å². The Morgan fingerprint density at radius 1 is 1.04 bits per heavy atom. The quantitative estimate of drug-likeness (QED) is 0.683. The van der Waals surface area contributed by atoms with E-state index in [1.54, 1.807) is 12.0 Å². The molecule has 1 spiro atoms. The lowest BCUT2D eigenvalue weighted by atomic mass is 9.90. The van der Waals surface area contributed by atoms with Gasteiger partial charge in [0, 0.05) is 33.2 Å². The molecule has 0 aromatic rings. The number of hydrogen-bond acceptors (Lipinski definition) is 5. The van der Waals surface area contributed by atoms with Crippen LogP contribution in [0.5, 0.6) is 0 Å². The molecule has 28 heavy (non-hydrogen) atoms. The van der Waals surface area contributed by atoms with E-state index in [1.807, 2.05) is 9.80 Å². The Bertz CT molecular complexity index is 580. The van der Waals surface area contributed by atoms with E-state index in [2.05, 4.69) is 0 Å². The molecular formula is C20H33N3O5. The second-order valence-electron chi connectivity index (χ2n) is 8.13. The Morgan fingerprint density at radius 3 is 2.61 bits per heavy atom. The van der Waals surface area contributed by atoms with Crippen LogP contribution in [0.3, 0.4) is 0 Å². The van der Waals surface area contributed by atoms with Crippen molar-refractivity contribution in [2.24, 2.45) is 0 Å². The monoisotopic (exact) mass is 395 g/mol. The predicted octanol–water partition coefficient (Wildman–Crippen LogP) is 0.646. The molecule has 3 amide bonds. The average Bonchev–Trinajstić information content (AvgIpc) is 2.90. The number of nitrogens with zero attached hydrogens (tertiary/aromatic N) is 3. The number of ether oxygens (including phenoxy) is 2. The zero-order valence-electron chi connectivity index (χ0n) is 17.0. The summed E-state index contributed by atoms with van der Waals surface area (Å²) in [5.74, 6) is 0.144. The molecule has 0 radical (unpaired) electrons. The van der Waals surface area contributed by atoms with Crippen LogP contribution >= 0.6 is 0 Å². The fourth-order valence-electron chi connectivity index (χ4n) is 4.43. The van der Waals surface area contributed by atoms with Gasteiger partial charge in [-0.25, -0.2) is 0 Å². The predicted molar refractivity (Wildman–Crippen MR) is 103 cm³/mol. The first-order valence-corrected chi connectivity index (χ1v) is 10.5. The van der Waals surface area contributed by atoms with Crippen LogP contribution in [0.15, 0.2) is 0 Å². The fourth-order valence-corrected chi connectivity index (χ4v) is 4.43. The van der Waals surface area contributed by atoms with Gasteiger partial charge in [0.2, 0.25) is 17.7 Å². The van der Waals surface area contributed by atoms with E-state index in [0.29, 0.717) is 52.2 Å². The average molecular weight is 396 g/mol. The third kappa shape index (κ3) is 5.23. The smallest absolute Gasteiger partial charge is 0.242 e. The van der Waals surface area contributed by atoms with Crippen LogP contribution in [-0.2, 0) is 23.9 Å². The van der Waals surface area contributed by atoms with Gasteiger partial charge in [-0.15, -0.1) is 0 Å². The largest absolute Gasteiger partial charge is 0.384 e. The van der Waals surface area contributed by atoms with Crippen molar-refractivity contribution in [3.8, 4) is 0 Å². The van der Waals surface area contributed by atoms with Gasteiger partial charge in [-0.3, -0.25) is 14.4 Å². The molecule has 0 aliphatic carbocycles. The molecule has 0 bridgehead atoms. The molecule has 3 aliphatic rings. The molecule has 0 saturated carbocycles. The van der Waals surface area contributed by atoms with E-state index < -0.39 is 5.60 Å². The van der Waals surface area contributed by atoms with E-state index >= 15 is 0 Å². The molecule has 8 heteroatoms. The Labute approximate surface area is 167 Å². The molecule has 0 aromatic heterocycles. The zero-order chi connectivity index (χ0) is 20.0. The summed E-state index contributed by atoms with van der Waals surface area (Å²) in [5, 5.41) is 0. The van der Waals surface area contributed by atoms with Crippen LogP contribution in [-0.4, -0.2) is 97.6 Å². The van der Waals surface area contributed by atoms with Crippen LogP contribution in [0.25, 0.3) is 0 Å². The van der Waals surface area contributed by atoms with E-state index in [1.165, 1.54) is 0 Å². The number of piperidine rings is 1. The molecule has 0 N–H and O–H groups in total. The molecular weight excluding hydrogens is 362 g/mol. The van der Waals surface area contributed by atoms with E-state index in [0.717, 1.165) is 38.6 Å². The lowest BCUT2D eigenvalue weighted by Crippen LogP contribution is -2.62. The van der Waals surface area contributed by atoms with Crippen molar-refractivity contribution in [3.63, 3.8) is 0 Å². The SMILES string of the molecule is COCCC(=O)N1CCCC2(C1)CN(C(=O)CN1CCCCCC1=O)CCO2. The molecule has 3 aliphatic heterocycles. The number of morpholine rings is 1. The van der Waals surface area contributed by atoms with Crippen molar-refractivity contribution in [3.05, 3.63) is 0 Å². The minimum atomic E-state index is -0.488. The van der Waals surface area contributed by atoms with E-state index in [9.17, 15) is 14.4 Å². The topological polar surface area (TPSA) is 79.4 Å². The first kappa shape index (κ1) is 21.0. The van der Waals surface area contributed by atoms with Crippen molar-refractivity contribution in [1.82, 2.24) is 14.7 Å². The standard InChI is InChI=1S/C20H33N3O5/c1-27-12-7-18(25)22-10-5-8-20(15-22)16-23(11-13-28-20)19(26)14-21-9-4-2-3-6-17(21)24/h2-16H2,1H3. The molecule has 158 valence electrons. The number of carbonyl (C=O) groups excluding carboxylic acids is 3. The van der Waals surface area contributed by atoms with Gasteiger partial charge in [-0.05, 0) is 25.7 Å². The van der Waals surface area contributed by atoms with Crippen LogP contribution < -0.4 is 0 Å². The van der Waals surface area contributed by atoms with Gasteiger partial charge in [0.15, 0.2) is 0 Å². The van der Waals surface area contributed by atoms with Crippen molar-refractivity contribution >= 4 is 17.7 Å². The summed E-state index contributed by atoms with van der Waals surface area (Å²) < 4.78 is 11.1. The second kappa shape index (κ2) is 9.69. The molecule has 3 fully saturated rings. The van der Waals surface area contributed by atoms with Crippen LogP contribution in [0.2, 0.25) is 0 Å². The fraction of sp³-hybridized carbons (Fsp3) is 0.850.